The van der Waals surface area contributed by atoms with Gasteiger partial charge in [-0.25, -0.2) is 0 Å². The molecule has 0 spiro atoms. The van der Waals surface area contributed by atoms with Crippen LogP contribution in [0.1, 0.15) is 60.5 Å². The van der Waals surface area contributed by atoms with Crippen LogP contribution in [-0.2, 0) is 11.8 Å². The summed E-state index contributed by atoms with van der Waals surface area (Å²) in [5.74, 6) is -0.00989. The van der Waals surface area contributed by atoms with Crippen molar-refractivity contribution in [1.82, 2.24) is 14.7 Å². The predicted octanol–water partition coefficient (Wildman–Crippen LogP) is 2.01. The maximum Gasteiger partial charge on any atom is 0.303 e. The molecule has 3 rings (SSSR count). The van der Waals surface area contributed by atoms with Gasteiger partial charge < -0.3 is 10.0 Å². The molecule has 2 aliphatic rings. The summed E-state index contributed by atoms with van der Waals surface area (Å²) in [6.07, 6.45) is 6.72. The van der Waals surface area contributed by atoms with Crippen molar-refractivity contribution in [3.8, 4) is 0 Å². The smallest absolute Gasteiger partial charge is 0.303 e. The van der Waals surface area contributed by atoms with Gasteiger partial charge in [-0.2, -0.15) is 5.10 Å². The Morgan fingerprint density at radius 3 is 2.73 bits per heavy atom. The molecule has 0 radical (unpaired) electrons. The van der Waals surface area contributed by atoms with E-state index in [9.17, 15) is 9.59 Å². The average Bonchev–Trinajstić information content (AvgIpc) is 3.25. The maximum atomic E-state index is 12.8. The van der Waals surface area contributed by atoms with Gasteiger partial charge in [-0.15, -0.1) is 0 Å². The number of carboxylic acids is 1. The Morgan fingerprint density at radius 1 is 1.27 bits per heavy atom. The number of hydrogen-bond donors (Lipinski definition) is 1. The molecule has 2 fully saturated rings. The number of nitrogens with zero attached hydrogens (tertiary/aromatic N) is 3. The number of carbonyl (C=O) groups excluding carboxylic acids is 1. The fourth-order valence-corrected chi connectivity index (χ4v) is 3.44. The van der Waals surface area contributed by atoms with Gasteiger partial charge in [0.1, 0.15) is 0 Å². The van der Waals surface area contributed by atoms with Crippen LogP contribution >= 0.6 is 0 Å². The van der Waals surface area contributed by atoms with Gasteiger partial charge in [-0.05, 0) is 38.0 Å². The number of carbonyl (C=O) groups is 2. The minimum Gasteiger partial charge on any atom is -0.481 e. The second-order valence-electron chi connectivity index (χ2n) is 6.53. The Kier molecular flexibility index (Phi) is 4.18. The van der Waals surface area contributed by atoms with Crippen molar-refractivity contribution in [2.75, 3.05) is 13.1 Å². The second-order valence-corrected chi connectivity index (χ2v) is 6.53. The minimum absolute atomic E-state index is 0.0611. The summed E-state index contributed by atoms with van der Waals surface area (Å²) in [4.78, 5) is 25.5. The van der Waals surface area contributed by atoms with Crippen LogP contribution in [0.15, 0.2) is 6.20 Å². The zero-order chi connectivity index (χ0) is 15.7. The summed E-state index contributed by atoms with van der Waals surface area (Å²) in [6.45, 7) is 1.36. The van der Waals surface area contributed by atoms with Crippen molar-refractivity contribution < 1.29 is 14.7 Å². The zero-order valence-corrected chi connectivity index (χ0v) is 13.0. The van der Waals surface area contributed by atoms with Crippen LogP contribution in [0, 0.1) is 5.92 Å². The minimum atomic E-state index is -0.743. The predicted molar refractivity (Wildman–Crippen MR) is 80.7 cm³/mol. The van der Waals surface area contributed by atoms with E-state index in [0.29, 0.717) is 19.0 Å². The molecule has 120 valence electrons. The molecule has 1 aromatic heterocycles. The normalized spacial score (nSPS) is 22.4. The molecule has 0 aromatic carbocycles. The molecule has 1 aromatic rings. The van der Waals surface area contributed by atoms with E-state index < -0.39 is 5.97 Å². The molecule has 6 nitrogen and oxygen atoms in total. The van der Waals surface area contributed by atoms with Crippen molar-refractivity contribution in [1.29, 1.82) is 0 Å². The molecule has 2 heterocycles. The Morgan fingerprint density at radius 2 is 2.05 bits per heavy atom. The van der Waals surface area contributed by atoms with Gasteiger partial charge in [0.25, 0.3) is 5.91 Å². The van der Waals surface area contributed by atoms with Gasteiger partial charge in [0.2, 0.25) is 0 Å². The van der Waals surface area contributed by atoms with E-state index in [4.69, 9.17) is 5.11 Å². The molecule has 6 heteroatoms. The highest BCUT2D eigenvalue weighted by Crippen LogP contribution is 2.41. The fraction of sp³-hybridized carbons (Fsp3) is 0.688. The summed E-state index contributed by atoms with van der Waals surface area (Å²) < 4.78 is 1.83. The number of aryl methyl sites for hydroxylation is 1. The summed E-state index contributed by atoms with van der Waals surface area (Å²) in [6, 6.07) is 0. The third kappa shape index (κ3) is 3.15. The van der Waals surface area contributed by atoms with Gasteiger partial charge in [0, 0.05) is 32.5 Å². The van der Waals surface area contributed by atoms with Crippen LogP contribution in [0.2, 0.25) is 0 Å². The number of likely N-dealkylation sites (tertiary alicyclic amines) is 1. The molecule has 0 bridgehead atoms. The fourth-order valence-electron chi connectivity index (χ4n) is 3.44. The molecule has 1 N–H and O–H groups in total. The molecular formula is C16H23N3O3. The van der Waals surface area contributed by atoms with Crippen LogP contribution < -0.4 is 0 Å². The lowest BCUT2D eigenvalue weighted by atomic mass is 9.97. The molecule has 1 saturated heterocycles. The Labute approximate surface area is 130 Å². The number of aliphatic carboxylic acids is 1. The first-order valence-electron chi connectivity index (χ1n) is 8.09. The standard InChI is InChI=1S/C16H23N3O3/c1-18-15(12-4-5-12)13(10-17-18)16(22)19-7-2-3-11(6-8-19)9-14(20)21/h10-12H,2-9H2,1H3,(H,20,21). The van der Waals surface area contributed by atoms with Crippen LogP contribution in [0.3, 0.4) is 0 Å². The van der Waals surface area contributed by atoms with Gasteiger partial charge in [-0.3, -0.25) is 14.3 Å². The highest BCUT2D eigenvalue weighted by molar-refractivity contribution is 5.95. The first kappa shape index (κ1) is 15.1. The number of hydrogen-bond acceptors (Lipinski definition) is 3. The highest BCUT2D eigenvalue weighted by Gasteiger charge is 2.33. The van der Waals surface area contributed by atoms with Crippen molar-refractivity contribution in [2.24, 2.45) is 13.0 Å². The van der Waals surface area contributed by atoms with E-state index in [1.807, 2.05) is 16.6 Å². The summed E-state index contributed by atoms with van der Waals surface area (Å²) in [5.41, 5.74) is 1.80. The first-order chi connectivity index (χ1) is 10.6. The van der Waals surface area contributed by atoms with Crippen molar-refractivity contribution in [3.63, 3.8) is 0 Å². The van der Waals surface area contributed by atoms with Gasteiger partial charge >= 0.3 is 5.97 Å². The molecule has 1 atom stereocenters. The highest BCUT2D eigenvalue weighted by atomic mass is 16.4. The molecule has 1 aliphatic carbocycles. The van der Waals surface area contributed by atoms with Gasteiger partial charge in [-0.1, -0.05) is 0 Å². The number of carboxylic acid groups (broad SMARTS) is 1. The summed E-state index contributed by atoms with van der Waals surface area (Å²) in [5, 5.41) is 13.2. The van der Waals surface area contributed by atoms with E-state index in [1.54, 1.807) is 6.20 Å². The van der Waals surface area contributed by atoms with E-state index in [0.717, 1.165) is 43.4 Å². The van der Waals surface area contributed by atoms with E-state index >= 15 is 0 Å². The molecule has 1 amide bonds. The summed E-state index contributed by atoms with van der Waals surface area (Å²) in [7, 11) is 1.90. The SMILES string of the molecule is Cn1ncc(C(=O)N2CCCC(CC(=O)O)CC2)c1C1CC1. The third-order valence-corrected chi connectivity index (χ3v) is 4.78. The number of amides is 1. The van der Waals surface area contributed by atoms with Crippen LogP contribution in [0.25, 0.3) is 0 Å². The lowest BCUT2D eigenvalue weighted by molar-refractivity contribution is -0.138. The first-order valence-corrected chi connectivity index (χ1v) is 8.09. The topological polar surface area (TPSA) is 75.4 Å². The van der Waals surface area contributed by atoms with Crippen LogP contribution in [0.5, 0.6) is 0 Å². The number of rotatable bonds is 4. The Balaban J connectivity index is 1.69. The van der Waals surface area contributed by atoms with E-state index in [-0.39, 0.29) is 18.2 Å². The van der Waals surface area contributed by atoms with Crippen molar-refractivity contribution in [3.05, 3.63) is 17.5 Å². The lowest BCUT2D eigenvalue weighted by Gasteiger charge is -2.20. The van der Waals surface area contributed by atoms with E-state index in [1.165, 1.54) is 0 Å². The van der Waals surface area contributed by atoms with Gasteiger partial charge in [0.15, 0.2) is 0 Å². The largest absolute Gasteiger partial charge is 0.481 e. The molecular weight excluding hydrogens is 282 g/mol. The van der Waals surface area contributed by atoms with Gasteiger partial charge in [0.05, 0.1) is 17.5 Å². The molecule has 1 saturated carbocycles. The summed E-state index contributed by atoms with van der Waals surface area (Å²) >= 11 is 0. The van der Waals surface area contributed by atoms with Crippen molar-refractivity contribution in [2.45, 2.75) is 44.4 Å². The second kappa shape index (κ2) is 6.10. The average molecular weight is 305 g/mol. The molecule has 1 unspecified atom stereocenters. The number of aromatic nitrogens is 2. The van der Waals surface area contributed by atoms with Crippen molar-refractivity contribution >= 4 is 11.9 Å². The Hall–Kier alpha value is -1.85. The van der Waals surface area contributed by atoms with E-state index in [2.05, 4.69) is 5.10 Å². The quantitative estimate of drug-likeness (QED) is 0.923. The molecule has 22 heavy (non-hydrogen) atoms. The maximum absolute atomic E-state index is 12.8. The van der Waals surface area contributed by atoms with Crippen LogP contribution in [0.4, 0.5) is 0 Å². The Bertz CT molecular complexity index is 577. The molecule has 1 aliphatic heterocycles. The monoisotopic (exact) mass is 305 g/mol. The third-order valence-electron chi connectivity index (χ3n) is 4.78. The zero-order valence-electron chi connectivity index (χ0n) is 13.0. The van der Waals surface area contributed by atoms with Crippen LogP contribution in [-0.4, -0.2) is 44.8 Å². The lowest BCUT2D eigenvalue weighted by Crippen LogP contribution is -2.32.